The lowest BCUT2D eigenvalue weighted by atomic mass is 10.0. The van der Waals surface area contributed by atoms with Gasteiger partial charge < -0.3 is 5.11 Å². The van der Waals surface area contributed by atoms with Gasteiger partial charge in [-0.15, -0.1) is 0 Å². The van der Waals surface area contributed by atoms with Crippen molar-refractivity contribution >= 4 is 12.6 Å². The van der Waals surface area contributed by atoms with Gasteiger partial charge in [0.15, 0.2) is 0 Å². The average Bonchev–Trinajstić information content (AvgIpc) is 2.09. The first-order valence-electron chi connectivity index (χ1n) is 4.62. The molecule has 0 fully saturated rings. The van der Waals surface area contributed by atoms with Crippen molar-refractivity contribution in [1.29, 1.82) is 0 Å². The smallest absolute Gasteiger partial charge is 0.119 e. The maximum atomic E-state index is 9.58. The first-order valence-corrected chi connectivity index (χ1v) is 5.14. The average molecular weight is 196 g/mol. The van der Waals surface area contributed by atoms with Gasteiger partial charge in [0, 0.05) is 10.8 Å². The van der Waals surface area contributed by atoms with Crippen molar-refractivity contribution < 1.29 is 5.11 Å². The van der Waals surface area contributed by atoms with Crippen LogP contribution in [0.15, 0.2) is 18.2 Å². The number of aromatic hydroxyl groups is 1. The summed E-state index contributed by atoms with van der Waals surface area (Å²) in [6.07, 6.45) is 2.08. The Balaban J connectivity index is 2.91. The Morgan fingerprint density at radius 3 is 2.77 bits per heavy atom. The summed E-state index contributed by atoms with van der Waals surface area (Å²) in [7, 11) is 0. The molecule has 0 radical (unpaired) electrons. The van der Waals surface area contributed by atoms with Gasteiger partial charge >= 0.3 is 0 Å². The maximum absolute atomic E-state index is 9.58. The van der Waals surface area contributed by atoms with Crippen LogP contribution < -0.4 is 0 Å². The van der Waals surface area contributed by atoms with E-state index in [1.54, 1.807) is 6.07 Å². The molecule has 1 N–H and O–H groups in total. The molecule has 0 amide bonds. The van der Waals surface area contributed by atoms with E-state index < -0.39 is 0 Å². The molecule has 0 spiro atoms. The lowest BCUT2D eigenvalue weighted by molar-refractivity contribution is 0.466. The Bertz CT molecular complexity index is 283. The van der Waals surface area contributed by atoms with E-state index in [4.69, 9.17) is 0 Å². The zero-order chi connectivity index (χ0) is 9.84. The molecule has 1 unspecified atom stereocenters. The summed E-state index contributed by atoms with van der Waals surface area (Å²) in [4.78, 5) is 0. The first-order chi connectivity index (χ1) is 6.15. The van der Waals surface area contributed by atoms with Crippen LogP contribution in [0.2, 0.25) is 0 Å². The SMILES string of the molecule is CCCC(S)c1cc(C)ccc1O. The first kappa shape index (κ1) is 10.5. The minimum absolute atomic E-state index is 0.157. The number of benzene rings is 1. The minimum Gasteiger partial charge on any atom is -0.508 e. The summed E-state index contributed by atoms with van der Waals surface area (Å²) in [5.74, 6) is 0.360. The molecule has 0 aliphatic carbocycles. The molecule has 0 aromatic heterocycles. The molecule has 1 aromatic rings. The summed E-state index contributed by atoms with van der Waals surface area (Å²) in [6.45, 7) is 4.14. The van der Waals surface area contributed by atoms with Crippen molar-refractivity contribution in [3.8, 4) is 5.75 Å². The summed E-state index contributed by atoms with van der Waals surface area (Å²) in [5, 5.41) is 9.74. The van der Waals surface area contributed by atoms with E-state index in [-0.39, 0.29) is 5.25 Å². The largest absolute Gasteiger partial charge is 0.508 e. The van der Waals surface area contributed by atoms with Gasteiger partial charge in [-0.2, -0.15) is 12.6 Å². The molecule has 0 heterocycles. The van der Waals surface area contributed by atoms with E-state index in [1.807, 2.05) is 19.1 Å². The van der Waals surface area contributed by atoms with Crippen LogP contribution in [0.3, 0.4) is 0 Å². The van der Waals surface area contributed by atoms with Gasteiger partial charge in [-0.25, -0.2) is 0 Å². The van der Waals surface area contributed by atoms with Crippen molar-refractivity contribution in [3.63, 3.8) is 0 Å². The predicted molar refractivity (Wildman–Crippen MR) is 59.5 cm³/mol. The van der Waals surface area contributed by atoms with Gasteiger partial charge in [0.25, 0.3) is 0 Å². The Hall–Kier alpha value is -0.630. The zero-order valence-electron chi connectivity index (χ0n) is 8.12. The molecule has 13 heavy (non-hydrogen) atoms. The van der Waals surface area contributed by atoms with Gasteiger partial charge in [-0.05, 0) is 19.4 Å². The van der Waals surface area contributed by atoms with Crippen molar-refractivity contribution in [2.45, 2.75) is 31.9 Å². The third-order valence-electron chi connectivity index (χ3n) is 2.10. The highest BCUT2D eigenvalue weighted by Crippen LogP contribution is 2.32. The molecule has 0 saturated carbocycles. The number of thiol groups is 1. The van der Waals surface area contributed by atoms with Crippen molar-refractivity contribution in [1.82, 2.24) is 0 Å². The lowest BCUT2D eigenvalue weighted by Gasteiger charge is -2.12. The molecule has 0 saturated heterocycles. The van der Waals surface area contributed by atoms with Crippen molar-refractivity contribution in [2.75, 3.05) is 0 Å². The predicted octanol–water partition coefficient (Wildman–Crippen LogP) is 3.47. The second kappa shape index (κ2) is 4.56. The number of phenolic OH excluding ortho intramolecular Hbond substituents is 1. The molecule has 1 rings (SSSR count). The van der Waals surface area contributed by atoms with E-state index >= 15 is 0 Å². The fourth-order valence-electron chi connectivity index (χ4n) is 1.37. The number of rotatable bonds is 3. The lowest BCUT2D eigenvalue weighted by Crippen LogP contribution is -1.91. The van der Waals surface area contributed by atoms with Crippen molar-refractivity contribution in [3.05, 3.63) is 29.3 Å². The van der Waals surface area contributed by atoms with Crippen LogP contribution >= 0.6 is 12.6 Å². The molecular formula is C11H16OS. The van der Waals surface area contributed by atoms with Gasteiger partial charge in [0.1, 0.15) is 5.75 Å². The molecule has 0 aliphatic heterocycles. The van der Waals surface area contributed by atoms with Crippen LogP contribution in [0.5, 0.6) is 5.75 Å². The molecule has 72 valence electrons. The quantitative estimate of drug-likeness (QED) is 0.709. The maximum Gasteiger partial charge on any atom is 0.119 e. The number of hydrogen-bond donors (Lipinski definition) is 2. The van der Waals surface area contributed by atoms with Crippen LogP contribution in [0, 0.1) is 6.92 Å². The van der Waals surface area contributed by atoms with E-state index in [0.29, 0.717) is 5.75 Å². The Kier molecular flexibility index (Phi) is 3.67. The highest BCUT2D eigenvalue weighted by Gasteiger charge is 2.09. The molecule has 1 aromatic carbocycles. The summed E-state index contributed by atoms with van der Waals surface area (Å²) in [6, 6.07) is 5.65. The topological polar surface area (TPSA) is 20.2 Å². The molecule has 0 bridgehead atoms. The van der Waals surface area contributed by atoms with Crippen LogP contribution in [-0.2, 0) is 0 Å². The number of phenols is 1. The molecule has 1 atom stereocenters. The number of aryl methyl sites for hydroxylation is 1. The molecule has 1 nitrogen and oxygen atoms in total. The van der Waals surface area contributed by atoms with E-state index in [0.717, 1.165) is 18.4 Å². The zero-order valence-corrected chi connectivity index (χ0v) is 9.01. The van der Waals surface area contributed by atoms with Gasteiger partial charge in [-0.3, -0.25) is 0 Å². The molecular weight excluding hydrogens is 180 g/mol. The van der Waals surface area contributed by atoms with E-state index in [2.05, 4.69) is 19.6 Å². The highest BCUT2D eigenvalue weighted by atomic mass is 32.1. The van der Waals surface area contributed by atoms with Crippen molar-refractivity contribution in [2.24, 2.45) is 0 Å². The van der Waals surface area contributed by atoms with Crippen LogP contribution in [-0.4, -0.2) is 5.11 Å². The second-order valence-electron chi connectivity index (χ2n) is 3.37. The fraction of sp³-hybridized carbons (Fsp3) is 0.455. The Labute approximate surface area is 85.2 Å². The number of hydrogen-bond acceptors (Lipinski definition) is 2. The Morgan fingerprint density at radius 1 is 1.46 bits per heavy atom. The third-order valence-corrected chi connectivity index (χ3v) is 2.64. The fourth-order valence-corrected chi connectivity index (χ4v) is 1.83. The van der Waals surface area contributed by atoms with E-state index in [1.165, 1.54) is 5.56 Å². The van der Waals surface area contributed by atoms with Gasteiger partial charge in [0.05, 0.1) is 0 Å². The van der Waals surface area contributed by atoms with Crippen LogP contribution in [0.25, 0.3) is 0 Å². The Morgan fingerprint density at radius 2 is 2.15 bits per heavy atom. The highest BCUT2D eigenvalue weighted by molar-refractivity contribution is 7.80. The summed E-state index contributed by atoms with van der Waals surface area (Å²) in [5.41, 5.74) is 2.12. The monoisotopic (exact) mass is 196 g/mol. The van der Waals surface area contributed by atoms with E-state index in [9.17, 15) is 5.11 Å². The molecule has 0 aliphatic rings. The standard InChI is InChI=1S/C11H16OS/c1-3-4-11(13)9-7-8(2)5-6-10(9)12/h5-7,11-13H,3-4H2,1-2H3. The molecule has 2 heteroatoms. The summed E-state index contributed by atoms with van der Waals surface area (Å²) >= 11 is 4.46. The third kappa shape index (κ3) is 2.66. The van der Waals surface area contributed by atoms with Gasteiger partial charge in [-0.1, -0.05) is 31.0 Å². The van der Waals surface area contributed by atoms with Crippen LogP contribution in [0.1, 0.15) is 36.1 Å². The second-order valence-corrected chi connectivity index (χ2v) is 3.99. The van der Waals surface area contributed by atoms with Crippen LogP contribution in [0.4, 0.5) is 0 Å². The summed E-state index contributed by atoms with van der Waals surface area (Å²) < 4.78 is 0. The minimum atomic E-state index is 0.157. The van der Waals surface area contributed by atoms with Gasteiger partial charge in [0.2, 0.25) is 0 Å². The normalized spacial score (nSPS) is 12.8.